The van der Waals surface area contributed by atoms with Crippen molar-refractivity contribution in [1.29, 1.82) is 0 Å². The number of benzene rings is 2. The van der Waals surface area contributed by atoms with Crippen LogP contribution in [0.2, 0.25) is 0 Å². The lowest BCUT2D eigenvalue weighted by atomic mass is 10.1. The number of amidine groups is 1. The van der Waals surface area contributed by atoms with Gasteiger partial charge in [-0.05, 0) is 41.8 Å². The molecule has 1 saturated heterocycles. The van der Waals surface area contributed by atoms with E-state index in [1.165, 1.54) is 18.3 Å². The van der Waals surface area contributed by atoms with E-state index < -0.39 is 17.0 Å². The molecule has 0 aromatic heterocycles. The van der Waals surface area contributed by atoms with E-state index in [2.05, 4.69) is 20.8 Å². The van der Waals surface area contributed by atoms with Gasteiger partial charge >= 0.3 is 6.18 Å². The zero-order valence-electron chi connectivity index (χ0n) is 17.6. The van der Waals surface area contributed by atoms with Crippen LogP contribution in [0.1, 0.15) is 23.1 Å². The Morgan fingerprint density at radius 3 is 2.52 bits per heavy atom. The molecule has 1 aliphatic heterocycles. The highest BCUT2D eigenvalue weighted by Crippen LogP contribution is 2.29. The lowest BCUT2D eigenvalue weighted by Gasteiger charge is -2.08. The van der Waals surface area contributed by atoms with Crippen molar-refractivity contribution in [3.8, 4) is 5.75 Å². The second-order valence-electron chi connectivity index (χ2n) is 7.02. The van der Waals surface area contributed by atoms with Crippen LogP contribution in [-0.4, -0.2) is 42.1 Å². The van der Waals surface area contributed by atoms with Gasteiger partial charge in [0.15, 0.2) is 5.17 Å². The van der Waals surface area contributed by atoms with Gasteiger partial charge in [0.1, 0.15) is 11.0 Å². The highest BCUT2D eigenvalue weighted by molar-refractivity contribution is 8.15. The Hall–Kier alpha value is -3.34. The van der Waals surface area contributed by atoms with Crippen molar-refractivity contribution in [3.63, 3.8) is 0 Å². The van der Waals surface area contributed by atoms with Crippen LogP contribution in [-0.2, 0) is 22.2 Å². The summed E-state index contributed by atoms with van der Waals surface area (Å²) in [7, 11) is 1.59. The molecule has 3 rings (SSSR count). The first kappa shape index (κ1) is 24.3. The third-order valence-electron chi connectivity index (χ3n) is 4.64. The maximum absolute atomic E-state index is 12.6. The number of nitrogens with one attached hydrogen (secondary N) is 2. The minimum absolute atomic E-state index is 0.0131. The Bertz CT molecular complexity index is 1040. The molecule has 2 N–H and O–H groups in total. The molecule has 1 atom stereocenters. The third-order valence-corrected chi connectivity index (χ3v) is 5.71. The monoisotopic (exact) mass is 478 g/mol. The maximum Gasteiger partial charge on any atom is 0.416 e. The number of carbonyl (C=O) groups excluding carboxylic acids is 2. The Morgan fingerprint density at radius 2 is 1.88 bits per heavy atom. The van der Waals surface area contributed by atoms with E-state index in [1.807, 2.05) is 24.3 Å². The van der Waals surface area contributed by atoms with Crippen LogP contribution >= 0.6 is 11.8 Å². The predicted molar refractivity (Wildman–Crippen MR) is 120 cm³/mol. The van der Waals surface area contributed by atoms with Gasteiger partial charge in [0.2, 0.25) is 11.8 Å². The molecule has 0 radical (unpaired) electrons. The Kier molecular flexibility index (Phi) is 8.10. The molecule has 0 spiro atoms. The summed E-state index contributed by atoms with van der Waals surface area (Å²) in [4.78, 5) is 24.2. The molecule has 0 bridgehead atoms. The molecule has 1 aliphatic rings. The van der Waals surface area contributed by atoms with Crippen molar-refractivity contribution in [2.24, 2.45) is 10.2 Å². The van der Waals surface area contributed by atoms with E-state index >= 15 is 0 Å². The first-order valence-corrected chi connectivity index (χ1v) is 10.8. The number of hydrogen-bond donors (Lipinski definition) is 2. The lowest BCUT2D eigenvalue weighted by Crippen LogP contribution is -2.32. The van der Waals surface area contributed by atoms with Gasteiger partial charge in [-0.2, -0.15) is 18.3 Å². The molecular formula is C22H21F3N4O3S. The first-order valence-electron chi connectivity index (χ1n) is 9.90. The molecule has 7 nitrogen and oxygen atoms in total. The van der Waals surface area contributed by atoms with Gasteiger partial charge in [-0.15, -0.1) is 5.10 Å². The average Bonchev–Trinajstić information content (AvgIpc) is 3.12. The number of amides is 2. The molecule has 174 valence electrons. The van der Waals surface area contributed by atoms with E-state index in [4.69, 9.17) is 4.74 Å². The maximum atomic E-state index is 12.6. The summed E-state index contributed by atoms with van der Waals surface area (Å²) >= 11 is 1.07. The molecule has 2 aromatic rings. The highest BCUT2D eigenvalue weighted by Gasteiger charge is 2.32. The van der Waals surface area contributed by atoms with E-state index in [1.54, 1.807) is 7.11 Å². The summed E-state index contributed by atoms with van der Waals surface area (Å²) in [6.45, 7) is 0.433. The summed E-state index contributed by atoms with van der Waals surface area (Å²) in [6.07, 6.45) is -2.50. The van der Waals surface area contributed by atoms with Crippen LogP contribution in [0.4, 0.5) is 13.2 Å². The third kappa shape index (κ3) is 7.35. The SMILES string of the molecule is COc1ccc(CCNC(=O)CC2S/C(=N\N=Cc3ccc(C(F)(F)F)cc3)NC2=O)cc1. The Morgan fingerprint density at radius 1 is 1.18 bits per heavy atom. The summed E-state index contributed by atoms with van der Waals surface area (Å²) in [6, 6.07) is 12.0. The van der Waals surface area contributed by atoms with Crippen LogP contribution in [0.3, 0.4) is 0 Å². The molecule has 2 aromatic carbocycles. The van der Waals surface area contributed by atoms with Crippen molar-refractivity contribution >= 4 is 35.0 Å². The van der Waals surface area contributed by atoms with Crippen LogP contribution in [0.5, 0.6) is 5.75 Å². The van der Waals surface area contributed by atoms with E-state index in [0.29, 0.717) is 18.5 Å². The number of rotatable bonds is 8. The number of methoxy groups -OCH3 is 1. The van der Waals surface area contributed by atoms with Gasteiger partial charge in [-0.1, -0.05) is 36.0 Å². The molecular weight excluding hydrogens is 457 g/mol. The zero-order chi connectivity index (χ0) is 23.8. The molecule has 11 heteroatoms. The minimum atomic E-state index is -4.41. The Balaban J connectivity index is 1.44. The fourth-order valence-corrected chi connectivity index (χ4v) is 3.80. The topological polar surface area (TPSA) is 92.2 Å². The quantitative estimate of drug-likeness (QED) is 0.450. The van der Waals surface area contributed by atoms with Crippen LogP contribution in [0, 0.1) is 0 Å². The summed E-state index contributed by atoms with van der Waals surface area (Å²) in [5, 5.41) is 12.6. The molecule has 33 heavy (non-hydrogen) atoms. The average molecular weight is 478 g/mol. The van der Waals surface area contributed by atoms with Crippen molar-refractivity contribution in [1.82, 2.24) is 10.6 Å². The molecule has 2 amide bonds. The number of hydrogen-bond acceptors (Lipinski definition) is 6. The molecule has 1 fully saturated rings. The lowest BCUT2D eigenvalue weighted by molar-refractivity contribution is -0.137. The fourth-order valence-electron chi connectivity index (χ4n) is 2.87. The van der Waals surface area contributed by atoms with Gasteiger partial charge in [0, 0.05) is 13.0 Å². The smallest absolute Gasteiger partial charge is 0.416 e. The summed E-state index contributed by atoms with van der Waals surface area (Å²) < 4.78 is 42.8. The minimum Gasteiger partial charge on any atom is -0.497 e. The van der Waals surface area contributed by atoms with Gasteiger partial charge in [0.05, 0.1) is 18.9 Å². The van der Waals surface area contributed by atoms with Gasteiger partial charge in [-0.3, -0.25) is 9.59 Å². The van der Waals surface area contributed by atoms with Crippen LogP contribution < -0.4 is 15.4 Å². The number of thioether (sulfide) groups is 1. The van der Waals surface area contributed by atoms with Gasteiger partial charge in [0.25, 0.3) is 0 Å². The highest BCUT2D eigenvalue weighted by atomic mass is 32.2. The van der Waals surface area contributed by atoms with E-state index in [-0.39, 0.29) is 23.4 Å². The van der Waals surface area contributed by atoms with Crippen molar-refractivity contribution < 1.29 is 27.5 Å². The standard InChI is InChI=1S/C22H21F3N4O3S/c1-32-17-8-4-14(5-9-17)10-11-26-19(30)12-18-20(31)28-21(33-18)29-27-13-15-2-6-16(7-3-15)22(23,24)25/h2-9,13,18H,10-12H2,1H3,(H,26,30)(H,28,29,31). The fraction of sp³-hybridized carbons (Fsp3) is 0.273. The first-order chi connectivity index (χ1) is 15.7. The van der Waals surface area contributed by atoms with Crippen molar-refractivity contribution in [2.75, 3.05) is 13.7 Å². The zero-order valence-corrected chi connectivity index (χ0v) is 18.4. The second-order valence-corrected chi connectivity index (χ2v) is 8.21. The normalized spacial score (nSPS) is 17.4. The summed E-state index contributed by atoms with van der Waals surface area (Å²) in [5.41, 5.74) is 0.716. The second kappa shape index (κ2) is 11.0. The van der Waals surface area contributed by atoms with E-state index in [0.717, 1.165) is 35.2 Å². The summed E-state index contributed by atoms with van der Waals surface area (Å²) in [5.74, 6) is 0.146. The molecule has 1 heterocycles. The number of ether oxygens (including phenoxy) is 1. The number of alkyl halides is 3. The van der Waals surface area contributed by atoms with Gasteiger partial charge < -0.3 is 15.4 Å². The molecule has 0 saturated carbocycles. The van der Waals surface area contributed by atoms with E-state index in [9.17, 15) is 22.8 Å². The van der Waals surface area contributed by atoms with Crippen molar-refractivity contribution in [3.05, 3.63) is 65.2 Å². The van der Waals surface area contributed by atoms with Crippen molar-refractivity contribution in [2.45, 2.75) is 24.3 Å². The largest absolute Gasteiger partial charge is 0.497 e. The Labute approximate surface area is 192 Å². The van der Waals surface area contributed by atoms with Crippen LogP contribution in [0.15, 0.2) is 58.7 Å². The number of halogens is 3. The number of nitrogens with zero attached hydrogens (tertiary/aromatic N) is 2. The van der Waals surface area contributed by atoms with Gasteiger partial charge in [-0.25, -0.2) is 0 Å². The number of carbonyl (C=O) groups is 2. The molecule has 0 aliphatic carbocycles. The predicted octanol–water partition coefficient (Wildman–Crippen LogP) is 3.38. The molecule has 1 unspecified atom stereocenters. The van der Waals surface area contributed by atoms with Crippen LogP contribution in [0.25, 0.3) is 0 Å².